The summed E-state index contributed by atoms with van der Waals surface area (Å²) < 4.78 is 1.74. The number of thiophene rings is 1. The summed E-state index contributed by atoms with van der Waals surface area (Å²) in [5.41, 5.74) is 0. The third-order valence-corrected chi connectivity index (χ3v) is 3.49. The molecular weight excluding hydrogens is 256 g/mol. The van der Waals surface area contributed by atoms with Crippen LogP contribution in [-0.2, 0) is 6.54 Å². The van der Waals surface area contributed by atoms with E-state index in [0.29, 0.717) is 11.4 Å². The summed E-state index contributed by atoms with van der Waals surface area (Å²) in [6.45, 7) is 1.38. The number of nitrogens with zero attached hydrogens (tertiary/aromatic N) is 3. The minimum Gasteiger partial charge on any atom is -0.351 e. The van der Waals surface area contributed by atoms with Crippen LogP contribution in [0.1, 0.15) is 16.1 Å². The van der Waals surface area contributed by atoms with E-state index in [0.717, 1.165) is 17.9 Å². The zero-order valence-electron chi connectivity index (χ0n) is 9.04. The van der Waals surface area contributed by atoms with Gasteiger partial charge in [0.25, 0.3) is 5.91 Å². The van der Waals surface area contributed by atoms with Crippen LogP contribution in [0.3, 0.4) is 0 Å². The first-order valence-corrected chi connectivity index (χ1v) is 6.48. The maximum absolute atomic E-state index is 11.6. The third kappa shape index (κ3) is 3.57. The standard InChI is InChI=1S/C10H12N4OS2/c15-10(9-6-8(16)7-17-9)11-2-1-4-14-5-3-12-13-14/h3,5-7,16H,1-2,4H2,(H,11,15). The van der Waals surface area contributed by atoms with E-state index in [1.54, 1.807) is 23.1 Å². The number of carbonyl (C=O) groups is 1. The van der Waals surface area contributed by atoms with E-state index in [4.69, 9.17) is 0 Å². The molecule has 2 heterocycles. The first-order chi connectivity index (χ1) is 8.25. The zero-order chi connectivity index (χ0) is 12.1. The van der Waals surface area contributed by atoms with Crippen molar-refractivity contribution in [1.29, 1.82) is 0 Å². The van der Waals surface area contributed by atoms with Crippen molar-refractivity contribution >= 4 is 29.9 Å². The Bertz CT molecular complexity index is 480. The Morgan fingerprint density at radius 1 is 1.59 bits per heavy atom. The van der Waals surface area contributed by atoms with Gasteiger partial charge in [0.1, 0.15) is 0 Å². The molecular formula is C10H12N4OS2. The zero-order valence-corrected chi connectivity index (χ0v) is 10.7. The maximum Gasteiger partial charge on any atom is 0.261 e. The van der Waals surface area contributed by atoms with E-state index >= 15 is 0 Å². The summed E-state index contributed by atoms with van der Waals surface area (Å²) in [7, 11) is 0. The number of thiol groups is 1. The molecule has 1 amide bonds. The highest BCUT2D eigenvalue weighted by molar-refractivity contribution is 7.80. The summed E-state index contributed by atoms with van der Waals surface area (Å²) in [6.07, 6.45) is 4.26. The van der Waals surface area contributed by atoms with Crippen LogP contribution in [0, 0.1) is 0 Å². The van der Waals surface area contributed by atoms with Crippen LogP contribution in [0.2, 0.25) is 0 Å². The molecule has 0 radical (unpaired) electrons. The maximum atomic E-state index is 11.6. The first-order valence-electron chi connectivity index (χ1n) is 5.15. The molecule has 1 N–H and O–H groups in total. The average molecular weight is 268 g/mol. The van der Waals surface area contributed by atoms with Crippen LogP contribution in [0.5, 0.6) is 0 Å². The van der Waals surface area contributed by atoms with Gasteiger partial charge in [-0.25, -0.2) is 0 Å². The molecule has 7 heteroatoms. The fraction of sp³-hybridized carbons (Fsp3) is 0.300. The summed E-state index contributed by atoms with van der Waals surface area (Å²) in [5, 5.41) is 12.2. The second kappa shape index (κ2) is 5.83. The van der Waals surface area contributed by atoms with Crippen LogP contribution >= 0.6 is 24.0 Å². The van der Waals surface area contributed by atoms with Crippen molar-refractivity contribution in [2.45, 2.75) is 17.9 Å². The molecule has 0 spiro atoms. The van der Waals surface area contributed by atoms with Crippen molar-refractivity contribution in [2.24, 2.45) is 0 Å². The fourth-order valence-electron chi connectivity index (χ4n) is 1.33. The highest BCUT2D eigenvalue weighted by atomic mass is 32.1. The summed E-state index contributed by atoms with van der Waals surface area (Å²) in [4.78, 5) is 13.2. The van der Waals surface area contributed by atoms with Gasteiger partial charge in [-0.1, -0.05) is 5.21 Å². The van der Waals surface area contributed by atoms with Gasteiger partial charge in [-0.2, -0.15) is 0 Å². The Hall–Kier alpha value is -1.34. The van der Waals surface area contributed by atoms with Gasteiger partial charge in [0.05, 0.1) is 11.1 Å². The van der Waals surface area contributed by atoms with Crippen molar-refractivity contribution in [3.05, 3.63) is 28.7 Å². The number of aryl methyl sites for hydroxylation is 1. The van der Waals surface area contributed by atoms with E-state index in [9.17, 15) is 4.79 Å². The molecule has 0 saturated heterocycles. The van der Waals surface area contributed by atoms with Gasteiger partial charge in [0.15, 0.2) is 0 Å². The van der Waals surface area contributed by atoms with E-state index in [2.05, 4.69) is 28.3 Å². The number of hydrogen-bond acceptors (Lipinski definition) is 5. The fourth-order valence-corrected chi connectivity index (χ4v) is 2.39. The summed E-state index contributed by atoms with van der Waals surface area (Å²) in [5.74, 6) is -0.0473. The van der Waals surface area contributed by atoms with Crippen LogP contribution in [-0.4, -0.2) is 27.4 Å². The molecule has 5 nitrogen and oxygen atoms in total. The van der Waals surface area contributed by atoms with Crippen LogP contribution in [0.4, 0.5) is 0 Å². The number of hydrogen-bond donors (Lipinski definition) is 2. The minimum atomic E-state index is -0.0473. The Balaban J connectivity index is 1.70. The molecule has 17 heavy (non-hydrogen) atoms. The number of rotatable bonds is 5. The van der Waals surface area contributed by atoms with E-state index in [1.165, 1.54) is 11.3 Å². The van der Waals surface area contributed by atoms with E-state index in [-0.39, 0.29) is 5.91 Å². The Morgan fingerprint density at radius 2 is 2.47 bits per heavy atom. The smallest absolute Gasteiger partial charge is 0.261 e. The lowest BCUT2D eigenvalue weighted by Gasteiger charge is -2.03. The quantitative estimate of drug-likeness (QED) is 0.637. The van der Waals surface area contributed by atoms with Crippen LogP contribution < -0.4 is 5.32 Å². The number of carbonyl (C=O) groups excluding carboxylic acids is 1. The van der Waals surface area contributed by atoms with Crippen molar-refractivity contribution < 1.29 is 4.79 Å². The van der Waals surface area contributed by atoms with Crippen molar-refractivity contribution in [3.8, 4) is 0 Å². The molecule has 2 aromatic rings. The van der Waals surface area contributed by atoms with Crippen molar-refractivity contribution in [3.63, 3.8) is 0 Å². The molecule has 0 aliphatic rings. The molecule has 2 rings (SSSR count). The second-order valence-electron chi connectivity index (χ2n) is 3.44. The van der Waals surface area contributed by atoms with Crippen LogP contribution in [0.15, 0.2) is 28.7 Å². The van der Waals surface area contributed by atoms with Gasteiger partial charge < -0.3 is 5.32 Å². The topological polar surface area (TPSA) is 59.8 Å². The molecule has 0 saturated carbocycles. The Morgan fingerprint density at radius 3 is 3.12 bits per heavy atom. The van der Waals surface area contributed by atoms with Gasteiger partial charge in [0, 0.05) is 29.6 Å². The normalized spacial score (nSPS) is 10.4. The van der Waals surface area contributed by atoms with Gasteiger partial charge in [-0.3, -0.25) is 9.48 Å². The summed E-state index contributed by atoms with van der Waals surface area (Å²) >= 11 is 5.56. The first kappa shape index (κ1) is 12.1. The third-order valence-electron chi connectivity index (χ3n) is 2.13. The number of amides is 1. The lowest BCUT2D eigenvalue weighted by atomic mass is 10.4. The minimum absolute atomic E-state index is 0.0473. The Kier molecular flexibility index (Phi) is 4.16. The number of nitrogens with one attached hydrogen (secondary N) is 1. The highest BCUT2D eigenvalue weighted by Gasteiger charge is 2.06. The molecule has 0 bridgehead atoms. The van der Waals surface area contributed by atoms with Crippen LogP contribution in [0.25, 0.3) is 0 Å². The van der Waals surface area contributed by atoms with Gasteiger partial charge in [-0.15, -0.1) is 29.1 Å². The predicted octanol–water partition coefficient (Wildman–Crippen LogP) is 1.45. The molecule has 2 aromatic heterocycles. The highest BCUT2D eigenvalue weighted by Crippen LogP contribution is 2.17. The molecule has 0 unspecified atom stereocenters. The molecule has 0 aliphatic carbocycles. The predicted molar refractivity (Wildman–Crippen MR) is 68.5 cm³/mol. The SMILES string of the molecule is O=C(NCCCn1ccnn1)c1cc(S)cs1. The second-order valence-corrected chi connectivity index (χ2v) is 4.87. The van der Waals surface area contributed by atoms with Gasteiger partial charge in [0.2, 0.25) is 0 Å². The largest absolute Gasteiger partial charge is 0.351 e. The Labute approximate surface area is 108 Å². The van der Waals surface area contributed by atoms with Crippen molar-refractivity contribution in [1.82, 2.24) is 20.3 Å². The summed E-state index contributed by atoms with van der Waals surface area (Å²) in [6, 6.07) is 1.76. The molecule has 0 fully saturated rings. The molecule has 0 aromatic carbocycles. The van der Waals surface area contributed by atoms with E-state index < -0.39 is 0 Å². The van der Waals surface area contributed by atoms with E-state index in [1.807, 2.05) is 5.38 Å². The lowest BCUT2D eigenvalue weighted by molar-refractivity contribution is 0.0956. The van der Waals surface area contributed by atoms with Crippen molar-refractivity contribution in [2.75, 3.05) is 6.54 Å². The lowest BCUT2D eigenvalue weighted by Crippen LogP contribution is -2.24. The molecule has 90 valence electrons. The monoisotopic (exact) mass is 268 g/mol. The molecule has 0 atom stereocenters. The number of aromatic nitrogens is 3. The molecule has 0 aliphatic heterocycles. The average Bonchev–Trinajstić information content (AvgIpc) is 2.95. The van der Waals surface area contributed by atoms with Gasteiger partial charge in [-0.05, 0) is 12.5 Å². The van der Waals surface area contributed by atoms with Gasteiger partial charge >= 0.3 is 0 Å².